The molecule has 0 fully saturated rings. The number of rotatable bonds is 6. The van der Waals surface area contributed by atoms with Crippen LogP contribution in [0.4, 0.5) is 0 Å². The molecule has 13 heavy (non-hydrogen) atoms. The van der Waals surface area contributed by atoms with E-state index >= 15 is 0 Å². The first-order valence-electron chi connectivity index (χ1n) is 4.83. The van der Waals surface area contributed by atoms with Gasteiger partial charge in [-0.15, -0.1) is 0 Å². The van der Waals surface area contributed by atoms with Gasteiger partial charge in [-0.2, -0.15) is 11.8 Å². The second kappa shape index (κ2) is 5.89. The molecule has 0 saturated carbocycles. The third-order valence-corrected chi connectivity index (χ3v) is 3.18. The zero-order chi connectivity index (χ0) is 10.5. The maximum atomic E-state index is 5.92. The van der Waals surface area contributed by atoms with Crippen molar-refractivity contribution in [1.29, 1.82) is 0 Å². The summed E-state index contributed by atoms with van der Waals surface area (Å²) in [7, 11) is 2.17. The maximum absolute atomic E-state index is 5.92. The fourth-order valence-electron chi connectivity index (χ4n) is 1.17. The Morgan fingerprint density at radius 3 is 2.38 bits per heavy atom. The SMILES string of the molecule is CSCCN(C)CC(C)(C)C(C)N. The Balaban J connectivity index is 3.82. The van der Waals surface area contributed by atoms with E-state index in [1.807, 2.05) is 11.8 Å². The van der Waals surface area contributed by atoms with Crippen LogP contribution >= 0.6 is 11.8 Å². The number of hydrogen-bond donors (Lipinski definition) is 1. The highest BCUT2D eigenvalue weighted by Crippen LogP contribution is 2.19. The average Bonchev–Trinajstić information content (AvgIpc) is 1.99. The third kappa shape index (κ3) is 5.55. The molecule has 0 aromatic carbocycles. The van der Waals surface area contributed by atoms with Crippen molar-refractivity contribution in [3.63, 3.8) is 0 Å². The molecule has 0 aromatic rings. The quantitative estimate of drug-likeness (QED) is 0.713. The predicted molar refractivity (Wildman–Crippen MR) is 63.3 cm³/mol. The summed E-state index contributed by atoms with van der Waals surface area (Å²) in [6.07, 6.45) is 2.14. The van der Waals surface area contributed by atoms with Gasteiger partial charge in [0.2, 0.25) is 0 Å². The number of nitrogens with zero attached hydrogens (tertiary/aromatic N) is 1. The van der Waals surface area contributed by atoms with Crippen molar-refractivity contribution >= 4 is 11.8 Å². The molecule has 2 nitrogen and oxygen atoms in total. The zero-order valence-electron chi connectivity index (χ0n) is 9.63. The van der Waals surface area contributed by atoms with Gasteiger partial charge in [0.1, 0.15) is 0 Å². The van der Waals surface area contributed by atoms with Gasteiger partial charge in [-0.05, 0) is 25.6 Å². The Kier molecular flexibility index (Phi) is 6.01. The van der Waals surface area contributed by atoms with Gasteiger partial charge in [0, 0.05) is 24.9 Å². The lowest BCUT2D eigenvalue weighted by molar-refractivity contribution is 0.190. The summed E-state index contributed by atoms with van der Waals surface area (Å²) < 4.78 is 0. The van der Waals surface area contributed by atoms with Gasteiger partial charge in [0.25, 0.3) is 0 Å². The summed E-state index contributed by atoms with van der Waals surface area (Å²) in [5.41, 5.74) is 6.13. The molecule has 0 aliphatic rings. The van der Waals surface area contributed by atoms with Crippen LogP contribution in [-0.2, 0) is 0 Å². The minimum atomic E-state index is 0.215. The van der Waals surface area contributed by atoms with Gasteiger partial charge in [-0.1, -0.05) is 13.8 Å². The summed E-state index contributed by atoms with van der Waals surface area (Å²) in [6, 6.07) is 0.254. The lowest BCUT2D eigenvalue weighted by Crippen LogP contribution is -2.43. The largest absolute Gasteiger partial charge is 0.327 e. The van der Waals surface area contributed by atoms with Gasteiger partial charge < -0.3 is 10.6 Å². The van der Waals surface area contributed by atoms with E-state index in [-0.39, 0.29) is 11.5 Å². The highest BCUT2D eigenvalue weighted by Gasteiger charge is 2.24. The second-order valence-electron chi connectivity index (χ2n) is 4.51. The van der Waals surface area contributed by atoms with E-state index in [0.29, 0.717) is 0 Å². The lowest BCUT2D eigenvalue weighted by atomic mass is 9.85. The van der Waals surface area contributed by atoms with Gasteiger partial charge in [-0.3, -0.25) is 0 Å². The molecular weight excluding hydrogens is 180 g/mol. The Morgan fingerprint density at radius 2 is 2.00 bits per heavy atom. The number of hydrogen-bond acceptors (Lipinski definition) is 3. The van der Waals surface area contributed by atoms with E-state index in [2.05, 4.69) is 39.0 Å². The van der Waals surface area contributed by atoms with Gasteiger partial charge in [0.05, 0.1) is 0 Å². The highest BCUT2D eigenvalue weighted by molar-refractivity contribution is 7.98. The van der Waals surface area contributed by atoms with Crippen molar-refractivity contribution < 1.29 is 0 Å². The standard InChI is InChI=1S/C10H24N2S/c1-9(11)10(2,3)8-12(4)6-7-13-5/h9H,6-8,11H2,1-5H3. The summed E-state index contributed by atoms with van der Waals surface area (Å²) in [5.74, 6) is 1.20. The van der Waals surface area contributed by atoms with Crippen molar-refractivity contribution in [3.05, 3.63) is 0 Å². The predicted octanol–water partition coefficient (Wildman–Crippen LogP) is 1.65. The topological polar surface area (TPSA) is 29.3 Å². The highest BCUT2D eigenvalue weighted by atomic mass is 32.2. The summed E-state index contributed by atoms with van der Waals surface area (Å²) in [6.45, 7) is 8.77. The van der Waals surface area contributed by atoms with E-state index in [4.69, 9.17) is 5.73 Å². The second-order valence-corrected chi connectivity index (χ2v) is 5.49. The maximum Gasteiger partial charge on any atom is 0.00739 e. The van der Waals surface area contributed by atoms with Crippen molar-refractivity contribution in [1.82, 2.24) is 4.90 Å². The summed E-state index contributed by atoms with van der Waals surface area (Å²) in [4.78, 5) is 2.36. The molecule has 0 rings (SSSR count). The minimum absolute atomic E-state index is 0.215. The Morgan fingerprint density at radius 1 is 1.46 bits per heavy atom. The van der Waals surface area contributed by atoms with E-state index < -0.39 is 0 Å². The first-order valence-corrected chi connectivity index (χ1v) is 6.22. The first-order chi connectivity index (χ1) is 5.90. The normalized spacial score (nSPS) is 15.0. The van der Waals surface area contributed by atoms with Crippen LogP contribution in [-0.4, -0.2) is 43.1 Å². The lowest BCUT2D eigenvalue weighted by Gasteiger charge is -2.33. The fraction of sp³-hybridized carbons (Fsp3) is 1.00. The summed E-state index contributed by atoms with van der Waals surface area (Å²) >= 11 is 1.89. The molecule has 0 aliphatic carbocycles. The Labute approximate surface area is 87.2 Å². The molecule has 0 amide bonds. The van der Waals surface area contributed by atoms with Crippen LogP contribution in [0.25, 0.3) is 0 Å². The molecule has 1 atom stereocenters. The van der Waals surface area contributed by atoms with Crippen LogP contribution in [0.2, 0.25) is 0 Å². The van der Waals surface area contributed by atoms with Crippen LogP contribution < -0.4 is 5.73 Å². The molecule has 0 bridgehead atoms. The van der Waals surface area contributed by atoms with E-state index in [0.717, 1.165) is 13.1 Å². The van der Waals surface area contributed by atoms with Gasteiger partial charge >= 0.3 is 0 Å². The van der Waals surface area contributed by atoms with Crippen LogP contribution in [0.5, 0.6) is 0 Å². The molecule has 0 heterocycles. The molecule has 0 saturated heterocycles. The Bertz CT molecular complexity index is 135. The van der Waals surface area contributed by atoms with Crippen LogP contribution in [0.15, 0.2) is 0 Å². The fourth-order valence-corrected chi connectivity index (χ4v) is 1.66. The Hall–Kier alpha value is 0.270. The molecule has 2 N–H and O–H groups in total. The van der Waals surface area contributed by atoms with Crippen LogP contribution in [0.3, 0.4) is 0 Å². The van der Waals surface area contributed by atoms with Crippen LogP contribution in [0, 0.1) is 5.41 Å². The average molecular weight is 204 g/mol. The molecule has 3 heteroatoms. The zero-order valence-corrected chi connectivity index (χ0v) is 10.4. The van der Waals surface area contributed by atoms with Gasteiger partial charge in [0.15, 0.2) is 0 Å². The van der Waals surface area contributed by atoms with Crippen molar-refractivity contribution in [3.8, 4) is 0 Å². The third-order valence-electron chi connectivity index (χ3n) is 2.59. The molecule has 0 aromatic heterocycles. The molecular formula is C10H24N2S. The number of thioether (sulfide) groups is 1. The smallest absolute Gasteiger partial charge is 0.00739 e. The van der Waals surface area contributed by atoms with E-state index in [1.54, 1.807) is 0 Å². The monoisotopic (exact) mass is 204 g/mol. The molecule has 0 spiro atoms. The van der Waals surface area contributed by atoms with Crippen molar-refractivity contribution in [2.45, 2.75) is 26.8 Å². The molecule has 80 valence electrons. The summed E-state index contributed by atoms with van der Waals surface area (Å²) in [5, 5.41) is 0. The van der Waals surface area contributed by atoms with E-state index in [9.17, 15) is 0 Å². The molecule has 0 radical (unpaired) electrons. The van der Waals surface area contributed by atoms with E-state index in [1.165, 1.54) is 5.75 Å². The molecule has 1 unspecified atom stereocenters. The number of nitrogens with two attached hydrogens (primary N) is 1. The van der Waals surface area contributed by atoms with Crippen molar-refractivity contribution in [2.75, 3.05) is 32.1 Å². The van der Waals surface area contributed by atoms with Crippen LogP contribution in [0.1, 0.15) is 20.8 Å². The molecule has 0 aliphatic heterocycles. The first kappa shape index (κ1) is 13.3. The minimum Gasteiger partial charge on any atom is -0.327 e. The van der Waals surface area contributed by atoms with Crippen molar-refractivity contribution in [2.24, 2.45) is 11.1 Å². The van der Waals surface area contributed by atoms with Gasteiger partial charge in [-0.25, -0.2) is 0 Å².